The first-order valence-corrected chi connectivity index (χ1v) is 14.5. The van der Waals surface area contributed by atoms with Crippen molar-refractivity contribution in [3.63, 3.8) is 0 Å². The molecule has 7 heteroatoms. The third kappa shape index (κ3) is 6.37. The van der Waals surface area contributed by atoms with Crippen molar-refractivity contribution < 1.29 is 19.0 Å². The van der Waals surface area contributed by atoms with Gasteiger partial charge in [0.15, 0.2) is 0 Å². The van der Waals surface area contributed by atoms with Crippen molar-refractivity contribution in [1.82, 2.24) is 9.88 Å². The van der Waals surface area contributed by atoms with Crippen LogP contribution in [0.2, 0.25) is 0 Å². The first-order chi connectivity index (χ1) is 18.5. The van der Waals surface area contributed by atoms with Gasteiger partial charge in [-0.05, 0) is 93.5 Å². The highest BCUT2D eigenvalue weighted by Gasteiger charge is 2.38. The first-order valence-electron chi connectivity index (χ1n) is 14.5. The number of nitrogens with zero attached hydrogens (tertiary/aromatic N) is 2. The Morgan fingerprint density at radius 2 is 2.05 bits per heavy atom. The SMILES string of the molecule is Cc1ccc(C2CCOCC2)c(C(C(=O)O)N2CCC(C(F)CCCCc3ccc4c(n3)NCCC4)C2)c1. The Bertz CT molecular complexity index is 1100. The maximum Gasteiger partial charge on any atom is 0.325 e. The highest BCUT2D eigenvalue weighted by molar-refractivity contribution is 5.76. The number of unbranched alkanes of at least 4 members (excludes halogenated alkanes) is 1. The van der Waals surface area contributed by atoms with E-state index in [-0.39, 0.29) is 5.92 Å². The number of carboxylic acids is 1. The van der Waals surface area contributed by atoms with E-state index < -0.39 is 18.2 Å². The number of hydrogen-bond donors (Lipinski definition) is 2. The molecule has 2 aromatic rings. The van der Waals surface area contributed by atoms with Crippen LogP contribution in [0.1, 0.15) is 84.9 Å². The molecule has 3 unspecified atom stereocenters. The van der Waals surface area contributed by atoms with Crippen LogP contribution in [0, 0.1) is 12.8 Å². The summed E-state index contributed by atoms with van der Waals surface area (Å²) in [6.45, 7) is 5.53. The van der Waals surface area contributed by atoms with Gasteiger partial charge in [0.25, 0.3) is 0 Å². The van der Waals surface area contributed by atoms with Gasteiger partial charge in [0.05, 0.1) is 0 Å². The molecule has 0 bridgehead atoms. The fraction of sp³-hybridized carbons (Fsp3) is 0.613. The minimum Gasteiger partial charge on any atom is -0.480 e. The molecular weight excluding hydrogens is 481 g/mol. The molecule has 0 amide bonds. The Morgan fingerprint density at radius 1 is 1.21 bits per heavy atom. The number of ether oxygens (including phenoxy) is 1. The fourth-order valence-corrected chi connectivity index (χ4v) is 6.53. The van der Waals surface area contributed by atoms with Crippen molar-refractivity contribution in [3.8, 4) is 0 Å². The molecule has 0 spiro atoms. The molecule has 6 nitrogen and oxygen atoms in total. The van der Waals surface area contributed by atoms with Crippen LogP contribution < -0.4 is 5.32 Å². The van der Waals surface area contributed by atoms with Gasteiger partial charge in [-0.2, -0.15) is 0 Å². The van der Waals surface area contributed by atoms with E-state index in [4.69, 9.17) is 9.72 Å². The Kier molecular flexibility index (Phi) is 8.95. The smallest absolute Gasteiger partial charge is 0.325 e. The molecule has 2 saturated heterocycles. The van der Waals surface area contributed by atoms with Crippen molar-refractivity contribution in [1.29, 1.82) is 0 Å². The number of fused-ring (bicyclic) bond motifs is 1. The number of carbonyl (C=O) groups is 1. The van der Waals surface area contributed by atoms with Crippen LogP contribution >= 0.6 is 0 Å². The maximum absolute atomic E-state index is 15.3. The molecule has 206 valence electrons. The predicted octanol–water partition coefficient (Wildman–Crippen LogP) is 5.84. The number of aryl methyl sites for hydroxylation is 3. The predicted molar refractivity (Wildman–Crippen MR) is 148 cm³/mol. The number of rotatable bonds is 10. The van der Waals surface area contributed by atoms with Crippen LogP contribution in [0.5, 0.6) is 0 Å². The molecule has 0 saturated carbocycles. The molecule has 38 heavy (non-hydrogen) atoms. The topological polar surface area (TPSA) is 74.7 Å². The zero-order valence-electron chi connectivity index (χ0n) is 22.6. The van der Waals surface area contributed by atoms with Gasteiger partial charge in [-0.25, -0.2) is 9.37 Å². The first kappa shape index (κ1) is 27.1. The summed E-state index contributed by atoms with van der Waals surface area (Å²) in [5.74, 6) is 0.380. The molecule has 2 N–H and O–H groups in total. The second-order valence-corrected chi connectivity index (χ2v) is 11.4. The van der Waals surface area contributed by atoms with Gasteiger partial charge >= 0.3 is 5.97 Å². The summed E-state index contributed by atoms with van der Waals surface area (Å²) in [6, 6.07) is 9.78. The normalized spacial score (nSPS) is 22.0. The van der Waals surface area contributed by atoms with Crippen LogP contribution in [-0.4, -0.2) is 60.0 Å². The quantitative estimate of drug-likeness (QED) is 0.381. The number of anilines is 1. The summed E-state index contributed by atoms with van der Waals surface area (Å²) in [7, 11) is 0. The van der Waals surface area contributed by atoms with E-state index in [1.807, 2.05) is 17.9 Å². The zero-order chi connectivity index (χ0) is 26.5. The number of halogens is 1. The summed E-state index contributed by atoms with van der Waals surface area (Å²) in [6.07, 6.45) is 6.99. The molecule has 1 aromatic heterocycles. The van der Waals surface area contributed by atoms with E-state index in [9.17, 15) is 9.90 Å². The lowest BCUT2D eigenvalue weighted by atomic mass is 9.84. The highest BCUT2D eigenvalue weighted by atomic mass is 19.1. The minimum absolute atomic E-state index is 0.112. The largest absolute Gasteiger partial charge is 0.480 e. The van der Waals surface area contributed by atoms with E-state index in [2.05, 4.69) is 29.6 Å². The van der Waals surface area contributed by atoms with Crippen molar-refractivity contribution in [2.75, 3.05) is 38.2 Å². The van der Waals surface area contributed by atoms with Gasteiger partial charge in [-0.1, -0.05) is 36.2 Å². The monoisotopic (exact) mass is 523 g/mol. The Balaban J connectivity index is 1.16. The number of aliphatic carboxylic acids is 1. The van der Waals surface area contributed by atoms with E-state index in [1.165, 1.54) is 5.56 Å². The van der Waals surface area contributed by atoms with Crippen molar-refractivity contribution in [3.05, 3.63) is 58.3 Å². The molecule has 0 radical (unpaired) electrons. The molecule has 4 heterocycles. The molecule has 3 aliphatic heterocycles. The molecule has 1 aromatic carbocycles. The van der Waals surface area contributed by atoms with Crippen LogP contribution in [0.3, 0.4) is 0 Å². The molecular formula is C31H42FN3O3. The van der Waals surface area contributed by atoms with E-state index in [1.54, 1.807) is 0 Å². The lowest BCUT2D eigenvalue weighted by Gasteiger charge is -2.31. The molecule has 2 fully saturated rings. The van der Waals surface area contributed by atoms with Gasteiger partial charge in [-0.3, -0.25) is 9.69 Å². The second-order valence-electron chi connectivity index (χ2n) is 11.4. The number of benzene rings is 1. The number of aromatic nitrogens is 1. The molecule has 3 atom stereocenters. The summed E-state index contributed by atoms with van der Waals surface area (Å²) in [5, 5.41) is 13.7. The minimum atomic E-state index is -0.903. The number of hydrogen-bond acceptors (Lipinski definition) is 5. The van der Waals surface area contributed by atoms with Crippen LogP contribution in [0.25, 0.3) is 0 Å². The van der Waals surface area contributed by atoms with E-state index in [0.717, 1.165) is 79.7 Å². The summed E-state index contributed by atoms with van der Waals surface area (Å²) in [4.78, 5) is 19.3. The van der Waals surface area contributed by atoms with Crippen LogP contribution in [0.4, 0.5) is 10.2 Å². The number of alkyl halides is 1. The van der Waals surface area contributed by atoms with E-state index in [0.29, 0.717) is 45.1 Å². The Labute approximate surface area is 226 Å². The van der Waals surface area contributed by atoms with Crippen molar-refractivity contribution in [2.45, 2.75) is 82.8 Å². The Hall–Kier alpha value is -2.51. The summed E-state index contributed by atoms with van der Waals surface area (Å²) < 4.78 is 20.9. The second kappa shape index (κ2) is 12.6. The summed E-state index contributed by atoms with van der Waals surface area (Å²) in [5.41, 5.74) is 5.43. The third-order valence-corrected chi connectivity index (χ3v) is 8.68. The van der Waals surface area contributed by atoms with Gasteiger partial charge in [0.1, 0.15) is 18.0 Å². The van der Waals surface area contributed by atoms with Gasteiger partial charge < -0.3 is 15.2 Å². The summed E-state index contributed by atoms with van der Waals surface area (Å²) >= 11 is 0. The average molecular weight is 524 g/mol. The maximum atomic E-state index is 15.3. The third-order valence-electron chi connectivity index (χ3n) is 8.68. The standard InChI is InChI=1S/C31H42FN3O3/c1-21-8-11-26(22-13-17-38-18-14-22)27(19-21)29(31(36)37)35-16-12-24(20-35)28(32)7-3-2-6-25-10-9-23-5-4-15-33-30(23)34-25/h8-11,19,22,24,28-29H,2-7,12-18,20H2,1H3,(H,33,34)(H,36,37). The van der Waals surface area contributed by atoms with Gasteiger partial charge in [-0.15, -0.1) is 0 Å². The lowest BCUT2D eigenvalue weighted by Crippen LogP contribution is -2.34. The van der Waals surface area contributed by atoms with Crippen LogP contribution in [0.15, 0.2) is 30.3 Å². The molecule has 3 aliphatic rings. The van der Waals surface area contributed by atoms with Gasteiger partial charge in [0, 0.05) is 37.9 Å². The number of nitrogens with one attached hydrogen (secondary N) is 1. The molecule has 0 aliphatic carbocycles. The highest BCUT2D eigenvalue weighted by Crippen LogP contribution is 2.38. The van der Waals surface area contributed by atoms with Gasteiger partial charge in [0.2, 0.25) is 0 Å². The lowest BCUT2D eigenvalue weighted by molar-refractivity contribution is -0.143. The van der Waals surface area contributed by atoms with Crippen molar-refractivity contribution >= 4 is 11.8 Å². The van der Waals surface area contributed by atoms with E-state index >= 15 is 4.39 Å². The number of pyridine rings is 1. The number of likely N-dealkylation sites (tertiary alicyclic amines) is 1. The average Bonchev–Trinajstić information content (AvgIpc) is 3.41. The fourth-order valence-electron chi connectivity index (χ4n) is 6.53. The van der Waals surface area contributed by atoms with Crippen molar-refractivity contribution in [2.24, 2.45) is 5.92 Å². The van der Waals surface area contributed by atoms with Crippen LogP contribution in [-0.2, 0) is 22.4 Å². The zero-order valence-corrected chi connectivity index (χ0v) is 22.6. The Morgan fingerprint density at radius 3 is 2.87 bits per heavy atom. The molecule has 5 rings (SSSR count). The number of carboxylic acid groups (broad SMARTS) is 1.